The second kappa shape index (κ2) is 3.42. The van der Waals surface area contributed by atoms with Gasteiger partial charge in [0.1, 0.15) is 5.56 Å². The molecule has 0 atom stereocenters. The summed E-state index contributed by atoms with van der Waals surface area (Å²) in [4.78, 5) is 22.5. The van der Waals surface area contributed by atoms with Crippen molar-refractivity contribution in [3.05, 3.63) is 33.5 Å². The van der Waals surface area contributed by atoms with Gasteiger partial charge in [0.05, 0.1) is 5.69 Å². The first-order chi connectivity index (χ1) is 6.06. The van der Waals surface area contributed by atoms with Gasteiger partial charge in [0, 0.05) is 6.07 Å². The number of rotatable bonds is 2. The number of nitrogens with one attached hydrogen (secondary N) is 1. The summed E-state index contributed by atoms with van der Waals surface area (Å²) in [6, 6.07) is 0.497. The number of carbonyl (C=O) groups excluding carboxylic acids is 1. The second-order valence-electron chi connectivity index (χ2n) is 2.24. The van der Waals surface area contributed by atoms with E-state index in [0.717, 1.165) is 0 Å². The van der Waals surface area contributed by atoms with Gasteiger partial charge in [0.15, 0.2) is 11.7 Å². The zero-order valence-corrected chi connectivity index (χ0v) is 6.18. The second-order valence-corrected chi connectivity index (χ2v) is 2.24. The Labute approximate surface area is 70.2 Å². The maximum atomic E-state index is 12.7. The van der Waals surface area contributed by atoms with E-state index in [0.29, 0.717) is 6.07 Å². The number of hydrogen-bond acceptors (Lipinski definition) is 2. The van der Waals surface area contributed by atoms with E-state index >= 15 is 0 Å². The highest BCUT2D eigenvalue weighted by Gasteiger charge is 2.13. The highest BCUT2D eigenvalue weighted by Crippen LogP contribution is 2.14. The number of alkyl halides is 2. The standard InChI is InChI=1S/C7H4F3NO2/c8-6(9)4-1-5(13)3(2-12)7(10)11-4/h1-2,6H,(H,11,13). The molecule has 0 saturated carbocycles. The maximum Gasteiger partial charge on any atom is 0.278 e. The first kappa shape index (κ1) is 9.50. The van der Waals surface area contributed by atoms with Crippen LogP contribution in [0.4, 0.5) is 13.2 Å². The van der Waals surface area contributed by atoms with Crippen molar-refractivity contribution in [2.24, 2.45) is 0 Å². The minimum Gasteiger partial charge on any atom is -0.330 e. The quantitative estimate of drug-likeness (QED) is 0.565. The molecule has 13 heavy (non-hydrogen) atoms. The molecular formula is C7H4F3NO2. The number of carbonyl (C=O) groups is 1. The number of hydrogen-bond donors (Lipinski definition) is 1. The van der Waals surface area contributed by atoms with Gasteiger partial charge in [-0.25, -0.2) is 8.78 Å². The number of aldehydes is 1. The topological polar surface area (TPSA) is 49.9 Å². The van der Waals surface area contributed by atoms with Crippen LogP contribution < -0.4 is 5.43 Å². The third-order valence-corrected chi connectivity index (χ3v) is 1.40. The van der Waals surface area contributed by atoms with Crippen LogP contribution in [0.5, 0.6) is 0 Å². The predicted molar refractivity (Wildman–Crippen MR) is 37.4 cm³/mol. The summed E-state index contributed by atoms with van der Waals surface area (Å²) in [6.07, 6.45) is -2.99. The van der Waals surface area contributed by atoms with Gasteiger partial charge in [-0.1, -0.05) is 0 Å². The highest BCUT2D eigenvalue weighted by atomic mass is 19.3. The Morgan fingerprint density at radius 1 is 1.46 bits per heavy atom. The van der Waals surface area contributed by atoms with Crippen LogP contribution >= 0.6 is 0 Å². The Hall–Kier alpha value is -1.59. The van der Waals surface area contributed by atoms with Crippen molar-refractivity contribution in [1.82, 2.24) is 4.98 Å². The molecule has 1 N–H and O–H groups in total. The molecule has 0 spiro atoms. The van der Waals surface area contributed by atoms with Gasteiger partial charge in [-0.15, -0.1) is 0 Å². The Morgan fingerprint density at radius 3 is 2.46 bits per heavy atom. The van der Waals surface area contributed by atoms with E-state index in [1.54, 1.807) is 4.98 Å². The van der Waals surface area contributed by atoms with Crippen LogP contribution in [-0.4, -0.2) is 11.3 Å². The maximum absolute atomic E-state index is 12.7. The number of halogens is 3. The smallest absolute Gasteiger partial charge is 0.278 e. The van der Waals surface area contributed by atoms with E-state index in [9.17, 15) is 22.8 Å². The lowest BCUT2D eigenvalue weighted by atomic mass is 10.2. The average Bonchev–Trinajstić information content (AvgIpc) is 2.03. The van der Waals surface area contributed by atoms with Gasteiger partial charge in [0.2, 0.25) is 5.95 Å². The fourth-order valence-electron chi connectivity index (χ4n) is 0.785. The van der Waals surface area contributed by atoms with Crippen LogP contribution in [0.2, 0.25) is 0 Å². The van der Waals surface area contributed by atoms with Crippen molar-refractivity contribution in [2.75, 3.05) is 0 Å². The zero-order chi connectivity index (χ0) is 10.0. The predicted octanol–water partition coefficient (Wildman–Crippen LogP) is 1.26. The minimum atomic E-state index is -2.97. The molecule has 0 unspecified atom stereocenters. The third-order valence-electron chi connectivity index (χ3n) is 1.40. The summed E-state index contributed by atoms with van der Waals surface area (Å²) in [6.45, 7) is 0. The Bertz CT molecular complexity index is 386. The van der Waals surface area contributed by atoms with Gasteiger partial charge < -0.3 is 4.98 Å². The van der Waals surface area contributed by atoms with Crippen molar-refractivity contribution in [2.45, 2.75) is 6.43 Å². The molecule has 1 heterocycles. The molecule has 0 amide bonds. The Balaban J connectivity index is 3.37. The van der Waals surface area contributed by atoms with Crippen molar-refractivity contribution in [3.8, 4) is 0 Å². The molecule has 0 aliphatic rings. The highest BCUT2D eigenvalue weighted by molar-refractivity contribution is 5.74. The largest absolute Gasteiger partial charge is 0.330 e. The third kappa shape index (κ3) is 1.77. The molecule has 1 aromatic rings. The summed E-state index contributed by atoms with van der Waals surface area (Å²) >= 11 is 0. The monoisotopic (exact) mass is 191 g/mol. The lowest BCUT2D eigenvalue weighted by Gasteiger charge is -2.00. The Kier molecular flexibility index (Phi) is 2.50. The van der Waals surface area contributed by atoms with Crippen molar-refractivity contribution < 1.29 is 18.0 Å². The molecular weight excluding hydrogens is 187 g/mol. The molecule has 0 radical (unpaired) electrons. The van der Waals surface area contributed by atoms with Gasteiger partial charge >= 0.3 is 0 Å². The summed E-state index contributed by atoms with van der Waals surface area (Å²) in [5, 5.41) is 0. The summed E-state index contributed by atoms with van der Waals surface area (Å²) in [7, 11) is 0. The van der Waals surface area contributed by atoms with E-state index in [4.69, 9.17) is 0 Å². The number of H-pyrrole nitrogens is 1. The molecule has 1 aromatic heterocycles. The van der Waals surface area contributed by atoms with Crippen LogP contribution in [0.3, 0.4) is 0 Å². The van der Waals surface area contributed by atoms with Crippen LogP contribution in [0, 0.1) is 5.95 Å². The van der Waals surface area contributed by atoms with E-state index in [2.05, 4.69) is 0 Å². The van der Waals surface area contributed by atoms with Crippen molar-refractivity contribution in [1.29, 1.82) is 0 Å². The lowest BCUT2D eigenvalue weighted by Crippen LogP contribution is -2.14. The van der Waals surface area contributed by atoms with E-state index in [-0.39, 0.29) is 6.29 Å². The molecule has 0 aliphatic heterocycles. The lowest BCUT2D eigenvalue weighted by molar-refractivity contribution is 0.111. The number of pyridine rings is 1. The average molecular weight is 191 g/mol. The molecule has 0 aliphatic carbocycles. The van der Waals surface area contributed by atoms with Crippen molar-refractivity contribution >= 4 is 6.29 Å². The Morgan fingerprint density at radius 2 is 2.08 bits per heavy atom. The minimum absolute atomic E-state index is 0.0244. The molecule has 70 valence electrons. The fourth-order valence-corrected chi connectivity index (χ4v) is 0.785. The number of aromatic nitrogens is 1. The molecule has 3 nitrogen and oxygen atoms in total. The van der Waals surface area contributed by atoms with Crippen LogP contribution in [0.1, 0.15) is 22.5 Å². The van der Waals surface area contributed by atoms with E-state index in [1.807, 2.05) is 0 Å². The summed E-state index contributed by atoms with van der Waals surface area (Å²) in [5.74, 6) is -1.34. The SMILES string of the molecule is O=Cc1c(F)[nH]c(C(F)F)cc1=O. The normalized spacial score (nSPS) is 10.5. The number of aromatic amines is 1. The molecule has 0 bridgehead atoms. The first-order valence-corrected chi connectivity index (χ1v) is 3.22. The van der Waals surface area contributed by atoms with Crippen LogP contribution in [0.25, 0.3) is 0 Å². The van der Waals surface area contributed by atoms with E-state index < -0.39 is 29.1 Å². The van der Waals surface area contributed by atoms with Gasteiger partial charge in [0.25, 0.3) is 6.43 Å². The molecule has 0 aromatic carbocycles. The van der Waals surface area contributed by atoms with Gasteiger partial charge in [-0.05, 0) is 0 Å². The zero-order valence-electron chi connectivity index (χ0n) is 6.18. The summed E-state index contributed by atoms with van der Waals surface area (Å²) < 4.78 is 36.5. The van der Waals surface area contributed by atoms with Gasteiger partial charge in [-0.3, -0.25) is 9.59 Å². The first-order valence-electron chi connectivity index (χ1n) is 3.22. The van der Waals surface area contributed by atoms with Crippen molar-refractivity contribution in [3.63, 3.8) is 0 Å². The van der Waals surface area contributed by atoms with E-state index in [1.165, 1.54) is 0 Å². The molecule has 0 fully saturated rings. The van der Waals surface area contributed by atoms with Crippen LogP contribution in [-0.2, 0) is 0 Å². The molecule has 0 saturated heterocycles. The summed E-state index contributed by atoms with van der Waals surface area (Å²) in [5.41, 5.74) is -2.67. The van der Waals surface area contributed by atoms with Crippen LogP contribution in [0.15, 0.2) is 10.9 Å². The van der Waals surface area contributed by atoms with Gasteiger partial charge in [-0.2, -0.15) is 4.39 Å². The molecule has 6 heteroatoms. The fraction of sp³-hybridized carbons (Fsp3) is 0.143. The molecule has 1 rings (SSSR count).